The predicted octanol–water partition coefficient (Wildman–Crippen LogP) is 4.30. The van der Waals surface area contributed by atoms with Gasteiger partial charge in [-0.05, 0) is 30.8 Å². The molecule has 2 aromatic carbocycles. The molecule has 4 rings (SSSR count). The van der Waals surface area contributed by atoms with Gasteiger partial charge in [0.2, 0.25) is 0 Å². The third kappa shape index (κ3) is 3.93. The van der Waals surface area contributed by atoms with Crippen LogP contribution in [0, 0.1) is 0 Å². The predicted molar refractivity (Wildman–Crippen MR) is 106 cm³/mol. The molecule has 0 amide bonds. The fraction of sp³-hybridized carbons (Fsp3) is 0.318. The van der Waals surface area contributed by atoms with Crippen LogP contribution in [0.1, 0.15) is 22.7 Å². The Hall–Kier alpha value is -2.64. The first kappa shape index (κ1) is 19.7. The highest BCUT2D eigenvalue weighted by Gasteiger charge is 2.32. The summed E-state index contributed by atoms with van der Waals surface area (Å²) < 4.78 is 39.0. The Morgan fingerprint density at radius 2 is 1.66 bits per heavy atom. The van der Waals surface area contributed by atoms with Crippen LogP contribution in [0.5, 0.6) is 5.75 Å². The van der Waals surface area contributed by atoms with Crippen LogP contribution in [-0.4, -0.2) is 53.1 Å². The van der Waals surface area contributed by atoms with E-state index in [-0.39, 0.29) is 11.8 Å². The van der Waals surface area contributed by atoms with Crippen molar-refractivity contribution in [2.75, 3.05) is 33.2 Å². The summed E-state index contributed by atoms with van der Waals surface area (Å²) in [7, 11) is 2.04. The minimum atomic E-state index is -4.38. The van der Waals surface area contributed by atoms with Crippen LogP contribution in [0.4, 0.5) is 13.2 Å². The lowest BCUT2D eigenvalue weighted by molar-refractivity contribution is -0.137. The quantitative estimate of drug-likeness (QED) is 0.711. The summed E-state index contributed by atoms with van der Waals surface area (Å²) in [5.41, 5.74) is 1.19. The Bertz CT molecular complexity index is 996. The van der Waals surface area contributed by atoms with Crippen LogP contribution in [0.3, 0.4) is 0 Å². The lowest BCUT2D eigenvalue weighted by atomic mass is 9.93. The molecule has 1 aromatic heterocycles. The number of hydrogen-bond donors (Lipinski definition) is 1. The number of aromatic hydroxyl groups is 1. The summed E-state index contributed by atoms with van der Waals surface area (Å²) in [5, 5.41) is 11.8. The Morgan fingerprint density at radius 1 is 0.966 bits per heavy atom. The molecule has 0 radical (unpaired) electrons. The highest BCUT2D eigenvalue weighted by atomic mass is 19.4. The van der Waals surface area contributed by atoms with Crippen LogP contribution < -0.4 is 0 Å². The van der Waals surface area contributed by atoms with Crippen LogP contribution >= 0.6 is 0 Å². The highest BCUT2D eigenvalue weighted by molar-refractivity contribution is 5.85. The molecular formula is C22H22F3N3O. The minimum Gasteiger partial charge on any atom is -0.505 e. The molecule has 3 aromatic rings. The Kier molecular flexibility index (Phi) is 5.19. The summed E-state index contributed by atoms with van der Waals surface area (Å²) >= 11 is 0. The topological polar surface area (TPSA) is 39.6 Å². The third-order valence-electron chi connectivity index (χ3n) is 5.53. The van der Waals surface area contributed by atoms with Crippen molar-refractivity contribution in [3.05, 3.63) is 71.4 Å². The molecule has 1 unspecified atom stereocenters. The number of nitrogens with zero attached hydrogens (tertiary/aromatic N) is 3. The summed E-state index contributed by atoms with van der Waals surface area (Å²) in [5.74, 6) is 0.0759. The molecule has 152 valence electrons. The number of benzene rings is 2. The van der Waals surface area contributed by atoms with Crippen molar-refractivity contribution in [1.29, 1.82) is 0 Å². The van der Waals surface area contributed by atoms with Gasteiger partial charge in [0.15, 0.2) is 0 Å². The molecule has 1 N–H and O–H groups in total. The average molecular weight is 401 g/mol. The number of fused-ring (bicyclic) bond motifs is 1. The van der Waals surface area contributed by atoms with Crippen molar-refractivity contribution in [3.8, 4) is 5.75 Å². The first-order valence-corrected chi connectivity index (χ1v) is 9.51. The van der Waals surface area contributed by atoms with E-state index in [9.17, 15) is 18.3 Å². The van der Waals surface area contributed by atoms with Crippen molar-refractivity contribution in [1.82, 2.24) is 14.8 Å². The average Bonchev–Trinajstić information content (AvgIpc) is 2.71. The SMILES string of the molecule is CN1CCN(C(c2ccc(C(F)(F)F)cc2)c2ccc3cccnc3c2O)CC1. The van der Waals surface area contributed by atoms with E-state index in [0.29, 0.717) is 16.6 Å². The molecule has 29 heavy (non-hydrogen) atoms. The monoisotopic (exact) mass is 401 g/mol. The molecule has 1 aliphatic rings. The van der Waals surface area contributed by atoms with Crippen molar-refractivity contribution in [2.45, 2.75) is 12.2 Å². The van der Waals surface area contributed by atoms with Gasteiger partial charge in [0, 0.05) is 43.3 Å². The van der Waals surface area contributed by atoms with Gasteiger partial charge in [-0.25, -0.2) is 0 Å². The van der Waals surface area contributed by atoms with Gasteiger partial charge < -0.3 is 10.0 Å². The van der Waals surface area contributed by atoms with Crippen LogP contribution in [-0.2, 0) is 6.18 Å². The molecule has 1 atom stereocenters. The number of phenols is 1. The maximum atomic E-state index is 13.0. The van der Waals surface area contributed by atoms with E-state index < -0.39 is 11.7 Å². The van der Waals surface area contributed by atoms with E-state index in [2.05, 4.69) is 14.8 Å². The van der Waals surface area contributed by atoms with Crippen molar-refractivity contribution < 1.29 is 18.3 Å². The lowest BCUT2D eigenvalue weighted by Gasteiger charge is -2.38. The number of alkyl halides is 3. The Balaban J connectivity index is 1.80. The lowest BCUT2D eigenvalue weighted by Crippen LogP contribution is -2.46. The zero-order valence-corrected chi connectivity index (χ0v) is 16.0. The van der Waals surface area contributed by atoms with Crippen molar-refractivity contribution in [2.24, 2.45) is 0 Å². The maximum absolute atomic E-state index is 13.0. The van der Waals surface area contributed by atoms with Crippen molar-refractivity contribution in [3.63, 3.8) is 0 Å². The van der Waals surface area contributed by atoms with Crippen LogP contribution in [0.25, 0.3) is 10.9 Å². The minimum absolute atomic E-state index is 0.0759. The largest absolute Gasteiger partial charge is 0.505 e. The number of pyridine rings is 1. The van der Waals surface area contributed by atoms with Gasteiger partial charge in [0.05, 0.1) is 11.6 Å². The van der Waals surface area contributed by atoms with E-state index in [4.69, 9.17) is 0 Å². The molecule has 0 saturated carbocycles. The molecule has 0 spiro atoms. The normalized spacial score (nSPS) is 17.5. The number of phenolic OH excluding ortho intramolecular Hbond substituents is 1. The molecule has 2 heterocycles. The summed E-state index contributed by atoms with van der Waals surface area (Å²) in [6.45, 7) is 3.21. The second-order valence-electron chi connectivity index (χ2n) is 7.44. The number of likely N-dealkylation sites (N-methyl/N-ethyl adjacent to an activating group) is 1. The maximum Gasteiger partial charge on any atom is 0.416 e. The van der Waals surface area contributed by atoms with Gasteiger partial charge in [-0.15, -0.1) is 0 Å². The Labute approximate surface area is 167 Å². The molecule has 1 saturated heterocycles. The number of piperazine rings is 1. The number of rotatable bonds is 3. The zero-order chi connectivity index (χ0) is 20.6. The molecular weight excluding hydrogens is 379 g/mol. The Morgan fingerprint density at radius 3 is 2.31 bits per heavy atom. The van der Waals surface area contributed by atoms with E-state index in [1.165, 1.54) is 12.1 Å². The summed E-state index contributed by atoms with van der Waals surface area (Å²) in [6, 6.07) is 12.3. The molecule has 0 aliphatic carbocycles. The van der Waals surface area contributed by atoms with E-state index >= 15 is 0 Å². The molecule has 7 heteroatoms. The van der Waals surface area contributed by atoms with Gasteiger partial charge in [-0.1, -0.05) is 30.3 Å². The van der Waals surface area contributed by atoms with E-state index in [1.54, 1.807) is 12.3 Å². The van der Waals surface area contributed by atoms with Crippen LogP contribution in [0.2, 0.25) is 0 Å². The van der Waals surface area contributed by atoms with Gasteiger partial charge in [0.1, 0.15) is 11.3 Å². The highest BCUT2D eigenvalue weighted by Crippen LogP contribution is 2.39. The van der Waals surface area contributed by atoms with E-state index in [0.717, 1.165) is 43.7 Å². The number of hydrogen-bond acceptors (Lipinski definition) is 4. The van der Waals surface area contributed by atoms with Crippen molar-refractivity contribution >= 4 is 10.9 Å². The second-order valence-corrected chi connectivity index (χ2v) is 7.44. The molecule has 1 aliphatic heterocycles. The fourth-order valence-electron chi connectivity index (χ4n) is 3.89. The van der Waals surface area contributed by atoms with Gasteiger partial charge in [0.25, 0.3) is 0 Å². The summed E-state index contributed by atoms with van der Waals surface area (Å²) in [6.07, 6.45) is -2.76. The molecule has 0 bridgehead atoms. The molecule has 4 nitrogen and oxygen atoms in total. The first-order valence-electron chi connectivity index (χ1n) is 9.51. The molecule has 1 fully saturated rings. The van der Waals surface area contributed by atoms with Gasteiger partial charge in [-0.2, -0.15) is 13.2 Å². The smallest absolute Gasteiger partial charge is 0.416 e. The number of halogens is 3. The summed E-state index contributed by atoms with van der Waals surface area (Å²) in [4.78, 5) is 8.71. The third-order valence-corrected chi connectivity index (χ3v) is 5.53. The van der Waals surface area contributed by atoms with Gasteiger partial charge in [-0.3, -0.25) is 9.88 Å². The first-order chi connectivity index (χ1) is 13.8. The van der Waals surface area contributed by atoms with Crippen LogP contribution in [0.15, 0.2) is 54.7 Å². The second kappa shape index (κ2) is 7.65. The number of aromatic nitrogens is 1. The van der Waals surface area contributed by atoms with E-state index in [1.807, 2.05) is 25.2 Å². The standard InChI is InChI=1S/C22H22F3N3O/c1-27-11-13-28(14-12-27)20(16-4-7-17(8-5-16)22(23,24)25)18-9-6-15-3-2-10-26-19(15)21(18)29/h2-10,20,29H,11-14H2,1H3. The fourth-order valence-corrected chi connectivity index (χ4v) is 3.89. The van der Waals surface area contributed by atoms with Gasteiger partial charge >= 0.3 is 6.18 Å². The zero-order valence-electron chi connectivity index (χ0n) is 16.0.